The first-order valence-electron chi connectivity index (χ1n) is 6.14. The van der Waals surface area contributed by atoms with Crippen LogP contribution in [0.15, 0.2) is 0 Å². The Balaban J connectivity index is 2.14. The fourth-order valence-corrected chi connectivity index (χ4v) is 2.48. The molecule has 0 aliphatic carbocycles. The molecule has 0 saturated carbocycles. The maximum Gasteiger partial charge on any atom is 0.315 e. The van der Waals surface area contributed by atoms with Gasteiger partial charge in [-0.15, -0.1) is 11.8 Å². The highest BCUT2D eigenvalue weighted by atomic mass is 32.2. The molecular formula is C12H21NO3S. The summed E-state index contributed by atoms with van der Waals surface area (Å²) in [7, 11) is 0. The number of ether oxygens (including phenoxy) is 1. The van der Waals surface area contributed by atoms with Crippen LogP contribution in [-0.4, -0.2) is 48.0 Å². The second-order valence-electron chi connectivity index (χ2n) is 4.36. The molecule has 0 radical (unpaired) electrons. The molecule has 1 aliphatic rings. The summed E-state index contributed by atoms with van der Waals surface area (Å²) >= 11 is 1.34. The van der Waals surface area contributed by atoms with Crippen molar-refractivity contribution in [2.24, 2.45) is 5.92 Å². The number of carbonyl (C=O) groups excluding carboxylic acids is 2. The van der Waals surface area contributed by atoms with E-state index in [0.29, 0.717) is 12.4 Å². The van der Waals surface area contributed by atoms with Crippen molar-refractivity contribution in [3.63, 3.8) is 0 Å². The van der Waals surface area contributed by atoms with Crippen LogP contribution in [-0.2, 0) is 14.3 Å². The fourth-order valence-electron chi connectivity index (χ4n) is 1.77. The smallest absolute Gasteiger partial charge is 0.315 e. The van der Waals surface area contributed by atoms with Gasteiger partial charge in [-0.25, -0.2) is 0 Å². The van der Waals surface area contributed by atoms with E-state index in [1.165, 1.54) is 11.8 Å². The highest BCUT2D eigenvalue weighted by Crippen LogP contribution is 2.16. The lowest BCUT2D eigenvalue weighted by molar-refractivity contribution is -0.139. The number of thioether (sulfide) groups is 1. The maximum absolute atomic E-state index is 11.8. The molecule has 0 N–H and O–H groups in total. The lowest BCUT2D eigenvalue weighted by Crippen LogP contribution is -2.39. The van der Waals surface area contributed by atoms with E-state index in [2.05, 4.69) is 6.92 Å². The van der Waals surface area contributed by atoms with Crippen LogP contribution in [0.4, 0.5) is 0 Å². The fraction of sp³-hybridized carbons (Fsp3) is 0.833. The zero-order chi connectivity index (χ0) is 12.7. The highest BCUT2D eigenvalue weighted by Gasteiger charge is 2.20. The molecule has 0 unspecified atom stereocenters. The van der Waals surface area contributed by atoms with Gasteiger partial charge in [0.2, 0.25) is 5.91 Å². The van der Waals surface area contributed by atoms with Gasteiger partial charge in [0.25, 0.3) is 0 Å². The third-order valence-electron chi connectivity index (χ3n) is 2.89. The number of rotatable bonds is 5. The maximum atomic E-state index is 11.8. The van der Waals surface area contributed by atoms with Gasteiger partial charge in [0.1, 0.15) is 0 Å². The molecule has 4 nitrogen and oxygen atoms in total. The summed E-state index contributed by atoms with van der Waals surface area (Å²) < 4.78 is 4.80. The molecule has 5 heteroatoms. The van der Waals surface area contributed by atoms with E-state index in [0.717, 1.165) is 31.8 Å². The quantitative estimate of drug-likeness (QED) is 0.703. The summed E-state index contributed by atoms with van der Waals surface area (Å²) in [6.07, 6.45) is 2.18. The van der Waals surface area contributed by atoms with Crippen LogP contribution < -0.4 is 0 Å². The van der Waals surface area contributed by atoms with Gasteiger partial charge in [-0.2, -0.15) is 0 Å². The van der Waals surface area contributed by atoms with E-state index < -0.39 is 0 Å². The van der Waals surface area contributed by atoms with Crippen LogP contribution in [0.3, 0.4) is 0 Å². The van der Waals surface area contributed by atoms with Crippen LogP contribution >= 0.6 is 11.8 Å². The number of amides is 1. The van der Waals surface area contributed by atoms with Crippen LogP contribution in [0.25, 0.3) is 0 Å². The van der Waals surface area contributed by atoms with Crippen LogP contribution in [0.2, 0.25) is 0 Å². The van der Waals surface area contributed by atoms with E-state index in [9.17, 15) is 9.59 Å². The van der Waals surface area contributed by atoms with Gasteiger partial charge in [0.05, 0.1) is 18.1 Å². The third-order valence-corrected chi connectivity index (χ3v) is 3.78. The lowest BCUT2D eigenvalue weighted by Gasteiger charge is -2.30. The highest BCUT2D eigenvalue weighted by molar-refractivity contribution is 8.00. The summed E-state index contributed by atoms with van der Waals surface area (Å²) in [5.41, 5.74) is 0. The summed E-state index contributed by atoms with van der Waals surface area (Å²) in [6, 6.07) is 0. The summed E-state index contributed by atoms with van der Waals surface area (Å²) in [5.74, 6) is 1.28. The van der Waals surface area contributed by atoms with Crippen molar-refractivity contribution in [3.05, 3.63) is 0 Å². The van der Waals surface area contributed by atoms with E-state index >= 15 is 0 Å². The minimum absolute atomic E-state index is 0.145. The van der Waals surface area contributed by atoms with E-state index in [-0.39, 0.29) is 17.6 Å². The molecule has 0 atom stereocenters. The van der Waals surface area contributed by atoms with Gasteiger partial charge in [-0.3, -0.25) is 9.59 Å². The molecule has 0 aromatic heterocycles. The van der Waals surface area contributed by atoms with Gasteiger partial charge < -0.3 is 9.64 Å². The molecule has 1 aliphatic heterocycles. The average Bonchev–Trinajstić information content (AvgIpc) is 2.30. The predicted molar refractivity (Wildman–Crippen MR) is 68.9 cm³/mol. The van der Waals surface area contributed by atoms with Crippen molar-refractivity contribution < 1.29 is 14.3 Å². The van der Waals surface area contributed by atoms with Crippen LogP contribution in [0, 0.1) is 5.92 Å². The van der Waals surface area contributed by atoms with Gasteiger partial charge in [0.15, 0.2) is 0 Å². The molecule has 1 amide bonds. The van der Waals surface area contributed by atoms with Crippen molar-refractivity contribution in [2.75, 3.05) is 31.2 Å². The molecule has 98 valence electrons. The Kier molecular flexibility index (Phi) is 6.40. The number of esters is 1. The Labute approximate surface area is 107 Å². The van der Waals surface area contributed by atoms with Crippen LogP contribution in [0.5, 0.6) is 0 Å². The van der Waals surface area contributed by atoms with Crippen molar-refractivity contribution in [2.45, 2.75) is 26.7 Å². The number of hydrogen-bond donors (Lipinski definition) is 0. The number of hydrogen-bond acceptors (Lipinski definition) is 4. The lowest BCUT2D eigenvalue weighted by atomic mass is 9.99. The minimum Gasteiger partial charge on any atom is -0.465 e. The van der Waals surface area contributed by atoms with Gasteiger partial charge in [-0.1, -0.05) is 6.92 Å². The van der Waals surface area contributed by atoms with Gasteiger partial charge in [0, 0.05) is 13.1 Å². The van der Waals surface area contributed by atoms with Crippen molar-refractivity contribution >= 4 is 23.6 Å². The summed E-state index contributed by atoms with van der Waals surface area (Å²) in [5, 5.41) is 0. The standard InChI is InChI=1S/C12H21NO3S/c1-3-16-12(15)9-17-8-11(14)13-6-4-10(2)5-7-13/h10H,3-9H2,1-2H3. The van der Waals surface area contributed by atoms with E-state index in [1.54, 1.807) is 6.92 Å². The molecule has 17 heavy (non-hydrogen) atoms. The zero-order valence-electron chi connectivity index (χ0n) is 10.6. The second-order valence-corrected chi connectivity index (χ2v) is 5.35. The van der Waals surface area contributed by atoms with E-state index in [1.807, 2.05) is 4.90 Å². The molecule has 1 heterocycles. The van der Waals surface area contributed by atoms with Gasteiger partial charge in [-0.05, 0) is 25.7 Å². The predicted octanol–water partition coefficient (Wildman–Crippen LogP) is 1.54. The first-order valence-corrected chi connectivity index (χ1v) is 7.30. The first-order chi connectivity index (χ1) is 8.13. The topological polar surface area (TPSA) is 46.6 Å². The monoisotopic (exact) mass is 259 g/mol. The molecule has 1 saturated heterocycles. The molecular weight excluding hydrogens is 238 g/mol. The Morgan fingerprint density at radius 3 is 2.53 bits per heavy atom. The number of carbonyl (C=O) groups is 2. The minimum atomic E-state index is -0.238. The Morgan fingerprint density at radius 1 is 1.29 bits per heavy atom. The SMILES string of the molecule is CCOC(=O)CSCC(=O)N1CCC(C)CC1. The molecule has 0 spiro atoms. The largest absolute Gasteiger partial charge is 0.465 e. The van der Waals surface area contributed by atoms with Crippen molar-refractivity contribution in [3.8, 4) is 0 Å². The Bertz CT molecular complexity index is 262. The van der Waals surface area contributed by atoms with E-state index in [4.69, 9.17) is 4.74 Å². The molecule has 1 rings (SSSR count). The molecule has 0 bridgehead atoms. The molecule has 0 aromatic carbocycles. The van der Waals surface area contributed by atoms with Crippen molar-refractivity contribution in [1.29, 1.82) is 0 Å². The van der Waals surface area contributed by atoms with Crippen molar-refractivity contribution in [1.82, 2.24) is 4.90 Å². The summed E-state index contributed by atoms with van der Waals surface area (Å²) in [6.45, 7) is 6.12. The normalized spacial score (nSPS) is 16.9. The first kappa shape index (κ1) is 14.4. The Morgan fingerprint density at radius 2 is 1.94 bits per heavy atom. The zero-order valence-corrected chi connectivity index (χ0v) is 11.4. The summed E-state index contributed by atoms with van der Waals surface area (Å²) in [4.78, 5) is 24.8. The number of nitrogens with zero attached hydrogens (tertiary/aromatic N) is 1. The van der Waals surface area contributed by atoms with Crippen LogP contribution in [0.1, 0.15) is 26.7 Å². The average molecular weight is 259 g/mol. The molecule has 0 aromatic rings. The second kappa shape index (κ2) is 7.58. The molecule has 1 fully saturated rings. The number of piperidine rings is 1. The third kappa shape index (κ3) is 5.44. The Hall–Kier alpha value is -0.710. The van der Waals surface area contributed by atoms with Gasteiger partial charge >= 0.3 is 5.97 Å². The number of likely N-dealkylation sites (tertiary alicyclic amines) is 1.